The Morgan fingerprint density at radius 3 is 2.70 bits per heavy atom. The van der Waals surface area contributed by atoms with Crippen molar-refractivity contribution in [3.05, 3.63) is 47.8 Å². The molecule has 1 unspecified atom stereocenters. The summed E-state index contributed by atoms with van der Waals surface area (Å²) in [7, 11) is 1.72. The van der Waals surface area contributed by atoms with Crippen molar-refractivity contribution in [1.29, 1.82) is 0 Å². The number of nitrogens with zero attached hydrogens (tertiary/aromatic N) is 2. The molecule has 0 saturated carbocycles. The summed E-state index contributed by atoms with van der Waals surface area (Å²) in [4.78, 5) is 23.1. The third-order valence-corrected chi connectivity index (χ3v) is 2.78. The van der Waals surface area contributed by atoms with Gasteiger partial charge in [-0.05, 0) is 12.1 Å². The number of nitrogens with two attached hydrogens (primary N) is 1. The predicted octanol–water partition coefficient (Wildman–Crippen LogP) is 0.757. The molecule has 0 spiro atoms. The molecule has 2 aromatic rings. The topological polar surface area (TPSA) is 110 Å². The van der Waals surface area contributed by atoms with Crippen LogP contribution in [0.4, 0.5) is 5.69 Å². The van der Waals surface area contributed by atoms with E-state index in [1.54, 1.807) is 25.4 Å². The van der Waals surface area contributed by atoms with Gasteiger partial charge < -0.3 is 16.2 Å². The molecule has 1 atom stereocenters. The summed E-state index contributed by atoms with van der Waals surface area (Å²) in [5, 5.41) is 15.5. The van der Waals surface area contributed by atoms with Gasteiger partial charge in [-0.25, -0.2) is 4.79 Å². The third-order valence-electron chi connectivity index (χ3n) is 2.78. The summed E-state index contributed by atoms with van der Waals surface area (Å²) >= 11 is 0. The van der Waals surface area contributed by atoms with Gasteiger partial charge in [-0.15, -0.1) is 0 Å². The number of carboxylic acid groups (broad SMARTS) is 1. The zero-order valence-electron chi connectivity index (χ0n) is 10.8. The lowest BCUT2D eigenvalue weighted by atomic mass is 10.1. The van der Waals surface area contributed by atoms with Crippen molar-refractivity contribution < 1.29 is 14.7 Å². The van der Waals surface area contributed by atoms with E-state index in [2.05, 4.69) is 10.4 Å². The molecule has 0 bridgehead atoms. The van der Waals surface area contributed by atoms with Crippen LogP contribution in [0.15, 0.2) is 36.7 Å². The van der Waals surface area contributed by atoms with Crippen LogP contribution in [-0.4, -0.2) is 26.8 Å². The second kappa shape index (κ2) is 5.54. The van der Waals surface area contributed by atoms with Gasteiger partial charge in [0.1, 0.15) is 6.04 Å². The van der Waals surface area contributed by atoms with Gasteiger partial charge in [0.15, 0.2) is 0 Å². The highest BCUT2D eigenvalue weighted by atomic mass is 16.4. The van der Waals surface area contributed by atoms with Crippen LogP contribution in [0.5, 0.6) is 0 Å². The summed E-state index contributed by atoms with van der Waals surface area (Å²) in [5.41, 5.74) is 6.59. The molecular formula is C13H14N4O3. The second-order valence-corrected chi connectivity index (χ2v) is 4.26. The van der Waals surface area contributed by atoms with Crippen molar-refractivity contribution in [3.63, 3.8) is 0 Å². The van der Waals surface area contributed by atoms with E-state index >= 15 is 0 Å². The largest absolute Gasteiger partial charge is 0.478 e. The molecule has 0 aliphatic rings. The molecule has 0 radical (unpaired) electrons. The number of hydrogen-bond acceptors (Lipinski definition) is 4. The van der Waals surface area contributed by atoms with Crippen molar-refractivity contribution >= 4 is 17.6 Å². The molecule has 0 fully saturated rings. The van der Waals surface area contributed by atoms with Crippen LogP contribution in [0.25, 0.3) is 0 Å². The second-order valence-electron chi connectivity index (χ2n) is 4.26. The highest BCUT2D eigenvalue weighted by Crippen LogP contribution is 2.17. The van der Waals surface area contributed by atoms with E-state index in [0.29, 0.717) is 5.56 Å². The number of nitrogens with one attached hydrogen (secondary N) is 1. The lowest BCUT2D eigenvalue weighted by Gasteiger charge is -2.12. The van der Waals surface area contributed by atoms with Gasteiger partial charge in [0.05, 0.1) is 17.4 Å². The first-order chi connectivity index (χ1) is 9.49. The number of carbonyl (C=O) groups is 2. The van der Waals surface area contributed by atoms with E-state index in [4.69, 9.17) is 10.8 Å². The number of hydrogen-bond donors (Lipinski definition) is 3. The van der Waals surface area contributed by atoms with E-state index in [9.17, 15) is 9.59 Å². The first kappa shape index (κ1) is 13.8. The van der Waals surface area contributed by atoms with Crippen LogP contribution in [0, 0.1) is 0 Å². The van der Waals surface area contributed by atoms with Gasteiger partial charge in [0.25, 0.3) is 0 Å². The fraction of sp³-hybridized carbons (Fsp3) is 0.154. The maximum Gasteiger partial charge on any atom is 0.337 e. The van der Waals surface area contributed by atoms with Crippen LogP contribution in [-0.2, 0) is 11.8 Å². The molecule has 104 valence electrons. The van der Waals surface area contributed by atoms with E-state index in [0.717, 1.165) is 0 Å². The molecule has 1 amide bonds. The average molecular weight is 274 g/mol. The molecule has 20 heavy (non-hydrogen) atoms. The number of aromatic nitrogens is 2. The molecule has 0 saturated heterocycles. The van der Waals surface area contributed by atoms with Gasteiger partial charge in [-0.3, -0.25) is 9.48 Å². The molecule has 1 aromatic carbocycles. The summed E-state index contributed by atoms with van der Waals surface area (Å²) in [6.45, 7) is 0. The SMILES string of the molecule is Cn1cc(C(N)C(=O)Nc2ccccc2C(=O)O)cn1. The number of amides is 1. The van der Waals surface area contributed by atoms with Crippen LogP contribution in [0.1, 0.15) is 22.0 Å². The molecule has 0 aliphatic carbocycles. The van der Waals surface area contributed by atoms with Gasteiger partial charge in [-0.2, -0.15) is 5.10 Å². The molecule has 0 aliphatic heterocycles. The van der Waals surface area contributed by atoms with Crippen LogP contribution < -0.4 is 11.1 Å². The van der Waals surface area contributed by atoms with Gasteiger partial charge >= 0.3 is 5.97 Å². The van der Waals surface area contributed by atoms with Crippen molar-refractivity contribution in [2.45, 2.75) is 6.04 Å². The smallest absolute Gasteiger partial charge is 0.337 e. The lowest BCUT2D eigenvalue weighted by Crippen LogP contribution is -2.28. The van der Waals surface area contributed by atoms with Gasteiger partial charge in [0, 0.05) is 18.8 Å². The Balaban J connectivity index is 2.18. The first-order valence-corrected chi connectivity index (χ1v) is 5.86. The normalized spacial score (nSPS) is 11.9. The van der Waals surface area contributed by atoms with E-state index in [1.807, 2.05) is 0 Å². The Hall–Kier alpha value is -2.67. The predicted molar refractivity (Wildman–Crippen MR) is 72.2 cm³/mol. The molecule has 4 N–H and O–H groups in total. The van der Waals surface area contributed by atoms with Crippen molar-refractivity contribution in [3.8, 4) is 0 Å². The zero-order valence-corrected chi connectivity index (χ0v) is 10.8. The Labute approximate surface area is 115 Å². The number of para-hydroxylation sites is 1. The van der Waals surface area contributed by atoms with Gasteiger partial charge in [0.2, 0.25) is 5.91 Å². The standard InChI is InChI=1S/C13H14N4O3/c1-17-7-8(6-15-17)11(14)12(18)16-10-5-3-2-4-9(10)13(19)20/h2-7,11H,14H2,1H3,(H,16,18)(H,19,20). The van der Waals surface area contributed by atoms with Crippen molar-refractivity contribution in [2.75, 3.05) is 5.32 Å². The Morgan fingerprint density at radius 2 is 2.10 bits per heavy atom. The number of benzene rings is 1. The van der Waals surface area contributed by atoms with E-state index in [1.165, 1.54) is 23.0 Å². The number of anilines is 1. The summed E-state index contributed by atoms with van der Waals surface area (Å²) < 4.78 is 1.54. The highest BCUT2D eigenvalue weighted by molar-refractivity contribution is 6.02. The molecule has 7 heteroatoms. The average Bonchev–Trinajstić information content (AvgIpc) is 2.84. The summed E-state index contributed by atoms with van der Waals surface area (Å²) in [6, 6.07) is 5.23. The fourth-order valence-corrected chi connectivity index (χ4v) is 1.74. The lowest BCUT2D eigenvalue weighted by molar-refractivity contribution is -0.117. The number of carboxylic acids is 1. The minimum Gasteiger partial charge on any atom is -0.478 e. The molecule has 1 aromatic heterocycles. The number of aromatic carboxylic acids is 1. The molecule has 7 nitrogen and oxygen atoms in total. The van der Waals surface area contributed by atoms with E-state index in [-0.39, 0.29) is 11.3 Å². The molecular weight excluding hydrogens is 260 g/mol. The number of aryl methyl sites for hydroxylation is 1. The van der Waals surface area contributed by atoms with Crippen molar-refractivity contribution in [1.82, 2.24) is 9.78 Å². The molecule has 1 heterocycles. The van der Waals surface area contributed by atoms with Crippen LogP contribution in [0.2, 0.25) is 0 Å². The number of carbonyl (C=O) groups excluding carboxylic acids is 1. The minimum atomic E-state index is -1.11. The van der Waals surface area contributed by atoms with Gasteiger partial charge in [-0.1, -0.05) is 12.1 Å². The quantitative estimate of drug-likeness (QED) is 0.762. The van der Waals surface area contributed by atoms with E-state index < -0.39 is 17.9 Å². The van der Waals surface area contributed by atoms with Crippen molar-refractivity contribution in [2.24, 2.45) is 12.8 Å². The first-order valence-electron chi connectivity index (χ1n) is 5.86. The maximum absolute atomic E-state index is 12.0. The highest BCUT2D eigenvalue weighted by Gasteiger charge is 2.19. The maximum atomic E-state index is 12.0. The summed E-state index contributed by atoms with van der Waals surface area (Å²) in [6.07, 6.45) is 3.13. The molecule has 2 rings (SSSR count). The third kappa shape index (κ3) is 2.83. The number of rotatable bonds is 4. The summed E-state index contributed by atoms with van der Waals surface area (Å²) in [5.74, 6) is -1.61. The Morgan fingerprint density at radius 1 is 1.40 bits per heavy atom. The fourth-order valence-electron chi connectivity index (χ4n) is 1.74. The van der Waals surface area contributed by atoms with Crippen LogP contribution >= 0.6 is 0 Å². The minimum absolute atomic E-state index is 0.0132. The Bertz CT molecular complexity index is 651. The van der Waals surface area contributed by atoms with Crippen LogP contribution in [0.3, 0.4) is 0 Å². The monoisotopic (exact) mass is 274 g/mol. The Kier molecular flexibility index (Phi) is 3.81. The zero-order chi connectivity index (χ0) is 14.7.